The van der Waals surface area contributed by atoms with Gasteiger partial charge in [-0.15, -0.1) is 0 Å². The number of allylic oxidation sites excluding steroid dienone is 1. The van der Waals surface area contributed by atoms with Gasteiger partial charge in [-0.25, -0.2) is 21.8 Å². The molecular weight excluding hydrogens is 214 g/mol. The lowest BCUT2D eigenvalue weighted by molar-refractivity contribution is 0.606. The fourth-order valence-corrected chi connectivity index (χ4v) is 3.99. The van der Waals surface area contributed by atoms with E-state index in [-0.39, 0.29) is 10.7 Å². The van der Waals surface area contributed by atoms with Crippen LogP contribution in [0.5, 0.6) is 0 Å². The molecule has 0 aliphatic carbocycles. The summed E-state index contributed by atoms with van der Waals surface area (Å²) in [6.07, 6.45) is 1.05. The van der Waals surface area contributed by atoms with Crippen LogP contribution in [0.3, 0.4) is 0 Å². The Morgan fingerprint density at radius 3 is 2.31 bits per heavy atom. The third kappa shape index (κ3) is 1.53. The maximum absolute atomic E-state index is 11.3. The van der Waals surface area contributed by atoms with Crippen molar-refractivity contribution in [2.75, 3.05) is 5.75 Å². The molecule has 0 fully saturated rings. The Hall–Kier alpha value is -0.690. The van der Waals surface area contributed by atoms with Gasteiger partial charge in [0.05, 0.1) is 10.7 Å². The van der Waals surface area contributed by atoms with E-state index in [1.165, 1.54) is 13.8 Å². The number of aliphatic imine (C=N–C) groups is 1. The van der Waals surface area contributed by atoms with Gasteiger partial charge in [0, 0.05) is 6.20 Å². The van der Waals surface area contributed by atoms with Crippen molar-refractivity contribution in [1.29, 1.82) is 0 Å². The van der Waals surface area contributed by atoms with Crippen LogP contribution in [0, 0.1) is 0 Å². The van der Waals surface area contributed by atoms with E-state index in [1.54, 1.807) is 0 Å². The molecule has 7 heteroatoms. The monoisotopic (exact) mass is 223 g/mol. The predicted octanol–water partition coefficient (Wildman–Crippen LogP) is 0.0668. The van der Waals surface area contributed by atoms with Gasteiger partial charge >= 0.3 is 0 Å². The molecule has 0 amide bonds. The Balaban J connectivity index is 3.33. The second kappa shape index (κ2) is 2.91. The summed E-state index contributed by atoms with van der Waals surface area (Å²) in [6, 6.07) is 0. The highest BCUT2D eigenvalue weighted by molar-refractivity contribution is 8.33. The first-order valence-electron chi connectivity index (χ1n) is 3.55. The van der Waals surface area contributed by atoms with Crippen LogP contribution >= 0.6 is 0 Å². The molecule has 1 heterocycles. The summed E-state index contributed by atoms with van der Waals surface area (Å²) in [6.45, 7) is 2.69. The number of rotatable bonds is 1. The maximum Gasteiger partial charge on any atom is 0.252 e. The molecule has 0 unspecified atom stereocenters. The van der Waals surface area contributed by atoms with Crippen molar-refractivity contribution >= 4 is 24.1 Å². The number of hydrogen-bond donors (Lipinski definition) is 0. The van der Waals surface area contributed by atoms with Crippen molar-refractivity contribution < 1.29 is 16.8 Å². The summed E-state index contributed by atoms with van der Waals surface area (Å²) in [5.74, 6) is -0.258. The minimum Gasteiger partial charge on any atom is -0.233 e. The molecule has 0 saturated carbocycles. The summed E-state index contributed by atoms with van der Waals surface area (Å²) < 4.78 is 44.4. The first kappa shape index (κ1) is 10.4. The van der Waals surface area contributed by atoms with Crippen LogP contribution in [0.2, 0.25) is 0 Å². The van der Waals surface area contributed by atoms with Gasteiger partial charge in [0.15, 0.2) is 0 Å². The molecule has 0 radical (unpaired) electrons. The van der Waals surface area contributed by atoms with Crippen LogP contribution in [0.15, 0.2) is 16.1 Å². The predicted molar refractivity (Wildman–Crippen MR) is 49.6 cm³/mol. The van der Waals surface area contributed by atoms with Gasteiger partial charge in [-0.3, -0.25) is 0 Å². The average Bonchev–Trinajstić information content (AvgIpc) is 2.28. The van der Waals surface area contributed by atoms with E-state index in [0.29, 0.717) is 0 Å². The summed E-state index contributed by atoms with van der Waals surface area (Å²) >= 11 is 0. The first-order chi connectivity index (χ1) is 5.82. The largest absolute Gasteiger partial charge is 0.252 e. The molecule has 0 N–H and O–H groups in total. The fraction of sp³-hybridized carbons (Fsp3) is 0.500. The number of nitrogens with zero attached hydrogens (tertiary/aromatic N) is 1. The molecule has 0 aromatic carbocycles. The summed E-state index contributed by atoms with van der Waals surface area (Å²) in [4.78, 5) is 3.36. The number of sulfone groups is 2. The second-order valence-corrected chi connectivity index (χ2v) is 7.03. The normalized spacial score (nSPS) is 21.1. The molecule has 0 spiro atoms. The summed E-state index contributed by atoms with van der Waals surface area (Å²) in [7, 11) is -7.54. The van der Waals surface area contributed by atoms with Crippen molar-refractivity contribution in [2.45, 2.75) is 13.8 Å². The standard InChI is InChI=1S/C6H9NO4S2/c1-3-12(8,9)6-7-4-5(2)13(6,10)11/h4H,3H2,1-2H3. The molecule has 1 aliphatic rings. The van der Waals surface area contributed by atoms with Crippen LogP contribution in [-0.4, -0.2) is 27.0 Å². The van der Waals surface area contributed by atoms with E-state index >= 15 is 0 Å². The minimum atomic E-state index is -3.81. The third-order valence-corrected chi connectivity index (χ3v) is 5.99. The highest BCUT2D eigenvalue weighted by Crippen LogP contribution is 2.19. The van der Waals surface area contributed by atoms with Crippen LogP contribution in [0.4, 0.5) is 0 Å². The van der Waals surface area contributed by atoms with Crippen molar-refractivity contribution in [3.05, 3.63) is 11.1 Å². The lowest BCUT2D eigenvalue weighted by Crippen LogP contribution is -2.23. The zero-order valence-electron chi connectivity index (χ0n) is 7.18. The smallest absolute Gasteiger partial charge is 0.233 e. The summed E-state index contributed by atoms with van der Waals surface area (Å²) in [5.41, 5.74) is 0. The first-order valence-corrected chi connectivity index (χ1v) is 6.68. The lowest BCUT2D eigenvalue weighted by atomic mass is 10.7. The van der Waals surface area contributed by atoms with Gasteiger partial charge in [-0.1, -0.05) is 6.92 Å². The molecule has 13 heavy (non-hydrogen) atoms. The average molecular weight is 223 g/mol. The van der Waals surface area contributed by atoms with E-state index in [9.17, 15) is 16.8 Å². The van der Waals surface area contributed by atoms with E-state index in [4.69, 9.17) is 0 Å². The molecule has 0 aromatic heterocycles. The van der Waals surface area contributed by atoms with E-state index in [1.807, 2.05) is 0 Å². The second-order valence-electron chi connectivity index (χ2n) is 2.54. The quantitative estimate of drug-likeness (QED) is 0.629. The van der Waals surface area contributed by atoms with Gasteiger partial charge in [0.2, 0.25) is 19.7 Å². The van der Waals surface area contributed by atoms with Crippen molar-refractivity contribution in [1.82, 2.24) is 0 Å². The maximum atomic E-state index is 11.3. The van der Waals surface area contributed by atoms with Gasteiger partial charge < -0.3 is 0 Å². The van der Waals surface area contributed by atoms with Gasteiger partial charge in [0.25, 0.3) is 4.38 Å². The van der Waals surface area contributed by atoms with Crippen LogP contribution in [0.25, 0.3) is 0 Å². The Kier molecular flexibility index (Phi) is 2.33. The zero-order chi connectivity index (χ0) is 10.3. The fourth-order valence-electron chi connectivity index (χ4n) is 0.791. The highest BCUT2D eigenvalue weighted by Gasteiger charge is 2.35. The van der Waals surface area contributed by atoms with Crippen LogP contribution in [0.1, 0.15) is 13.8 Å². The Bertz CT molecular complexity index is 481. The van der Waals surface area contributed by atoms with Crippen LogP contribution in [-0.2, 0) is 19.7 Å². The minimum absolute atomic E-state index is 0.0282. The molecular formula is C6H9NO4S2. The Morgan fingerprint density at radius 1 is 1.46 bits per heavy atom. The van der Waals surface area contributed by atoms with Gasteiger partial charge in [0.1, 0.15) is 0 Å². The molecule has 0 aromatic rings. The van der Waals surface area contributed by atoms with E-state index < -0.39 is 24.1 Å². The molecule has 0 atom stereocenters. The van der Waals surface area contributed by atoms with Crippen LogP contribution < -0.4 is 0 Å². The molecule has 0 saturated heterocycles. The molecule has 0 bridgehead atoms. The van der Waals surface area contributed by atoms with Crippen molar-refractivity contribution in [2.24, 2.45) is 4.99 Å². The molecule has 1 rings (SSSR count). The third-order valence-electron chi connectivity index (χ3n) is 1.65. The van der Waals surface area contributed by atoms with E-state index in [0.717, 1.165) is 6.20 Å². The topological polar surface area (TPSA) is 80.6 Å². The SMILES string of the molecule is CCS(=O)(=O)C1=NC=C(C)S1(=O)=O. The molecule has 74 valence electrons. The highest BCUT2D eigenvalue weighted by atomic mass is 32.3. The zero-order valence-corrected chi connectivity index (χ0v) is 8.81. The van der Waals surface area contributed by atoms with E-state index in [2.05, 4.69) is 4.99 Å². The lowest BCUT2D eigenvalue weighted by Gasteiger charge is -2.00. The molecule has 5 nitrogen and oxygen atoms in total. The Morgan fingerprint density at radius 2 is 2.00 bits per heavy atom. The number of hydrogen-bond acceptors (Lipinski definition) is 5. The summed E-state index contributed by atoms with van der Waals surface area (Å²) in [5, 5.41) is 0. The molecule has 1 aliphatic heterocycles. The Labute approximate surface area is 77.0 Å². The van der Waals surface area contributed by atoms with Crippen molar-refractivity contribution in [3.8, 4) is 0 Å². The van der Waals surface area contributed by atoms with Gasteiger partial charge in [-0.05, 0) is 6.92 Å². The van der Waals surface area contributed by atoms with Crippen molar-refractivity contribution in [3.63, 3.8) is 0 Å². The van der Waals surface area contributed by atoms with Gasteiger partial charge in [-0.2, -0.15) is 0 Å².